The highest BCUT2D eigenvalue weighted by atomic mass is 16.5. The number of aliphatic hydroxyl groups is 1. The van der Waals surface area contributed by atoms with E-state index in [9.17, 15) is 9.90 Å². The summed E-state index contributed by atoms with van der Waals surface area (Å²) in [7, 11) is 0. The molecule has 1 aliphatic carbocycles. The number of anilines is 1. The molecule has 132 valence electrons. The number of nitrogens with zero attached hydrogens (tertiary/aromatic N) is 3. The van der Waals surface area contributed by atoms with Gasteiger partial charge in [0, 0.05) is 12.5 Å². The molecule has 2 aliphatic rings. The molecule has 1 atom stereocenters. The lowest BCUT2D eigenvalue weighted by Crippen LogP contribution is -2.40. The van der Waals surface area contributed by atoms with Crippen LogP contribution in [0.25, 0.3) is 11.5 Å². The van der Waals surface area contributed by atoms with Crippen molar-refractivity contribution in [3.8, 4) is 11.5 Å². The number of amides is 2. The Bertz CT molecular complexity index is 784. The molecule has 0 unspecified atom stereocenters. The number of aliphatic hydroxyl groups excluding tert-OH is 1. The summed E-state index contributed by atoms with van der Waals surface area (Å²) >= 11 is 0. The van der Waals surface area contributed by atoms with Gasteiger partial charge in [0.1, 0.15) is 0 Å². The van der Waals surface area contributed by atoms with Gasteiger partial charge in [0.05, 0.1) is 23.9 Å². The number of rotatable bonds is 4. The van der Waals surface area contributed by atoms with Gasteiger partial charge in [-0.1, -0.05) is 16.8 Å². The quantitative estimate of drug-likeness (QED) is 0.891. The Balaban J connectivity index is 1.59. The molecule has 2 aromatic rings. The van der Waals surface area contributed by atoms with Gasteiger partial charge < -0.3 is 19.8 Å². The van der Waals surface area contributed by atoms with Gasteiger partial charge in [-0.3, -0.25) is 0 Å². The molecule has 2 amide bonds. The molecule has 1 saturated carbocycles. The van der Waals surface area contributed by atoms with Crippen molar-refractivity contribution in [1.82, 2.24) is 15.0 Å². The van der Waals surface area contributed by atoms with Crippen molar-refractivity contribution in [3.05, 3.63) is 29.6 Å². The molecular weight excluding hydrogens is 320 g/mol. The van der Waals surface area contributed by atoms with Gasteiger partial charge >= 0.3 is 6.03 Å². The Morgan fingerprint density at radius 3 is 3.00 bits per heavy atom. The molecule has 7 heteroatoms. The van der Waals surface area contributed by atoms with E-state index in [1.165, 1.54) is 0 Å². The van der Waals surface area contributed by atoms with E-state index in [1.807, 2.05) is 25.1 Å². The third-order valence-corrected chi connectivity index (χ3v) is 4.88. The Labute approximate surface area is 146 Å². The number of benzene rings is 1. The number of aromatic nitrogens is 2. The van der Waals surface area contributed by atoms with Gasteiger partial charge in [0.2, 0.25) is 0 Å². The second kappa shape index (κ2) is 6.48. The highest BCUT2D eigenvalue weighted by Gasteiger charge is 2.30. The predicted molar refractivity (Wildman–Crippen MR) is 92.3 cm³/mol. The fourth-order valence-corrected chi connectivity index (χ4v) is 3.28. The van der Waals surface area contributed by atoms with E-state index in [2.05, 4.69) is 15.5 Å². The van der Waals surface area contributed by atoms with E-state index in [0.717, 1.165) is 42.6 Å². The minimum Gasteiger partial charge on any atom is -0.394 e. The maximum Gasteiger partial charge on any atom is 0.322 e. The molecule has 4 rings (SSSR count). The maximum absolute atomic E-state index is 12.6. The first-order chi connectivity index (χ1) is 12.2. The molecule has 7 nitrogen and oxygen atoms in total. The Morgan fingerprint density at radius 1 is 1.40 bits per heavy atom. The van der Waals surface area contributed by atoms with Gasteiger partial charge in [-0.05, 0) is 44.7 Å². The van der Waals surface area contributed by atoms with Crippen LogP contribution in [0.1, 0.15) is 43.0 Å². The lowest BCUT2D eigenvalue weighted by Gasteiger charge is -2.23. The third-order valence-electron chi connectivity index (χ3n) is 4.88. The lowest BCUT2D eigenvalue weighted by molar-refractivity contribution is 0.166. The highest BCUT2D eigenvalue weighted by molar-refractivity contribution is 5.94. The second-order valence-electron chi connectivity index (χ2n) is 6.88. The maximum atomic E-state index is 12.6. The first-order valence-corrected chi connectivity index (χ1v) is 8.79. The van der Waals surface area contributed by atoms with Crippen molar-refractivity contribution >= 4 is 11.7 Å². The zero-order valence-corrected chi connectivity index (χ0v) is 14.2. The Hall–Kier alpha value is -2.41. The number of aryl methyl sites for hydroxylation is 1. The smallest absolute Gasteiger partial charge is 0.322 e. The van der Waals surface area contributed by atoms with Crippen LogP contribution in [-0.4, -0.2) is 45.4 Å². The van der Waals surface area contributed by atoms with Gasteiger partial charge in [-0.2, -0.15) is 4.98 Å². The first-order valence-electron chi connectivity index (χ1n) is 8.79. The summed E-state index contributed by atoms with van der Waals surface area (Å²) in [6.45, 7) is 2.63. The second-order valence-corrected chi connectivity index (χ2v) is 6.88. The normalized spacial score (nSPS) is 20.1. The number of hydrogen-bond donors (Lipinski definition) is 2. The van der Waals surface area contributed by atoms with Crippen molar-refractivity contribution in [3.63, 3.8) is 0 Å². The van der Waals surface area contributed by atoms with Crippen molar-refractivity contribution in [1.29, 1.82) is 0 Å². The average Bonchev–Trinajstić information content (AvgIpc) is 3.15. The van der Waals surface area contributed by atoms with Crippen LogP contribution < -0.4 is 5.32 Å². The molecule has 1 aromatic carbocycles. The zero-order chi connectivity index (χ0) is 17.4. The average molecular weight is 342 g/mol. The van der Waals surface area contributed by atoms with Crippen molar-refractivity contribution in [2.45, 2.75) is 44.6 Å². The fourth-order valence-electron chi connectivity index (χ4n) is 3.28. The van der Waals surface area contributed by atoms with Gasteiger partial charge in [0.15, 0.2) is 5.82 Å². The fraction of sp³-hybridized carbons (Fsp3) is 0.500. The van der Waals surface area contributed by atoms with Crippen LogP contribution in [0.2, 0.25) is 0 Å². The topological polar surface area (TPSA) is 91.5 Å². The third kappa shape index (κ3) is 3.24. The summed E-state index contributed by atoms with van der Waals surface area (Å²) < 4.78 is 5.43. The minimum atomic E-state index is -0.205. The summed E-state index contributed by atoms with van der Waals surface area (Å²) in [5.41, 5.74) is 2.42. The summed E-state index contributed by atoms with van der Waals surface area (Å²) in [6, 6.07) is 5.41. The van der Waals surface area contributed by atoms with E-state index < -0.39 is 0 Å². The van der Waals surface area contributed by atoms with Crippen LogP contribution in [0.15, 0.2) is 22.7 Å². The van der Waals surface area contributed by atoms with Crippen molar-refractivity contribution < 1.29 is 14.4 Å². The summed E-state index contributed by atoms with van der Waals surface area (Å²) in [5.74, 6) is 1.59. The van der Waals surface area contributed by atoms with Crippen molar-refractivity contribution in [2.24, 2.45) is 0 Å². The van der Waals surface area contributed by atoms with Crippen LogP contribution >= 0.6 is 0 Å². The molecule has 2 heterocycles. The number of carbonyl (C=O) groups excluding carboxylic acids is 1. The molecule has 1 aliphatic heterocycles. The molecule has 2 fully saturated rings. The molecule has 0 radical (unpaired) electrons. The Kier molecular flexibility index (Phi) is 4.17. The van der Waals surface area contributed by atoms with Crippen molar-refractivity contribution in [2.75, 3.05) is 18.5 Å². The molecule has 0 spiro atoms. The number of nitrogens with one attached hydrogen (secondary N) is 1. The monoisotopic (exact) mass is 342 g/mol. The van der Waals surface area contributed by atoms with Gasteiger partial charge in [-0.25, -0.2) is 4.79 Å². The molecule has 1 aromatic heterocycles. The standard InChI is InChI=1S/C18H22N4O3/c1-11-4-7-15(19-18(24)22-8-2-3-13(22)10-23)14(9-11)17-20-16(21-25-17)12-5-6-12/h4,7,9,12-13,23H,2-3,5-6,8,10H2,1H3,(H,19,24)/t13-/m0/s1. The number of urea groups is 1. The first kappa shape index (κ1) is 16.1. The van der Waals surface area contributed by atoms with Gasteiger partial charge in [-0.15, -0.1) is 0 Å². The van der Waals surface area contributed by atoms with Crippen LogP contribution in [0.5, 0.6) is 0 Å². The lowest BCUT2D eigenvalue weighted by atomic mass is 10.1. The molecule has 1 saturated heterocycles. The number of carbonyl (C=O) groups is 1. The minimum absolute atomic E-state index is 0.0113. The molecule has 25 heavy (non-hydrogen) atoms. The van der Waals surface area contributed by atoms with Crippen LogP contribution in [0.4, 0.5) is 10.5 Å². The van der Waals surface area contributed by atoms with E-state index in [4.69, 9.17) is 4.52 Å². The van der Waals surface area contributed by atoms with Crippen LogP contribution in [0, 0.1) is 6.92 Å². The van der Waals surface area contributed by atoms with E-state index in [-0.39, 0.29) is 18.7 Å². The molecular formula is C18H22N4O3. The van der Waals surface area contributed by atoms with Gasteiger partial charge in [0.25, 0.3) is 5.89 Å². The summed E-state index contributed by atoms with van der Waals surface area (Å²) in [5, 5.41) is 16.4. The van der Waals surface area contributed by atoms with Crippen LogP contribution in [-0.2, 0) is 0 Å². The number of hydrogen-bond acceptors (Lipinski definition) is 5. The van der Waals surface area contributed by atoms with E-state index >= 15 is 0 Å². The molecule has 0 bridgehead atoms. The number of likely N-dealkylation sites (tertiary alicyclic amines) is 1. The Morgan fingerprint density at radius 2 is 2.24 bits per heavy atom. The summed E-state index contributed by atoms with van der Waals surface area (Å²) in [4.78, 5) is 18.8. The highest BCUT2D eigenvalue weighted by Crippen LogP contribution is 2.39. The largest absolute Gasteiger partial charge is 0.394 e. The van der Waals surface area contributed by atoms with Crippen LogP contribution in [0.3, 0.4) is 0 Å². The summed E-state index contributed by atoms with van der Waals surface area (Å²) in [6.07, 6.45) is 3.95. The zero-order valence-electron chi connectivity index (χ0n) is 14.2. The SMILES string of the molecule is Cc1ccc(NC(=O)N2CCC[C@H]2CO)c(-c2nc(C3CC3)no2)c1. The van der Waals surface area contributed by atoms with E-state index in [0.29, 0.717) is 24.0 Å². The molecule has 2 N–H and O–H groups in total. The predicted octanol–water partition coefficient (Wildman–Crippen LogP) is 2.91. The van der Waals surface area contributed by atoms with E-state index in [1.54, 1.807) is 4.90 Å².